The Morgan fingerprint density at radius 3 is 2.83 bits per heavy atom. The van der Waals surface area contributed by atoms with Gasteiger partial charge in [0.1, 0.15) is 11.9 Å². The van der Waals surface area contributed by atoms with Gasteiger partial charge >= 0.3 is 0 Å². The number of hydrogen-bond acceptors (Lipinski definition) is 4. The molecule has 0 aliphatic carbocycles. The maximum atomic E-state index is 13.0. The number of nitriles is 1. The Hall–Kier alpha value is -2.48. The van der Waals surface area contributed by atoms with Gasteiger partial charge in [-0.15, -0.1) is 0 Å². The highest BCUT2D eigenvalue weighted by Crippen LogP contribution is 2.16. The summed E-state index contributed by atoms with van der Waals surface area (Å²) in [4.78, 5) is 8.31. The summed E-state index contributed by atoms with van der Waals surface area (Å²) in [6, 6.07) is 6.00. The molecular formula is C13H11FN4. The van der Waals surface area contributed by atoms with E-state index in [2.05, 4.69) is 15.3 Å². The van der Waals surface area contributed by atoms with E-state index in [0.29, 0.717) is 12.2 Å². The van der Waals surface area contributed by atoms with E-state index < -0.39 is 5.82 Å². The fourth-order valence-corrected chi connectivity index (χ4v) is 1.55. The molecule has 0 saturated heterocycles. The van der Waals surface area contributed by atoms with Gasteiger partial charge in [0.05, 0.1) is 29.2 Å². The van der Waals surface area contributed by atoms with Gasteiger partial charge in [0, 0.05) is 12.4 Å². The summed E-state index contributed by atoms with van der Waals surface area (Å²) < 4.78 is 13.0. The molecule has 2 rings (SSSR count). The molecule has 0 atom stereocenters. The number of halogens is 1. The Kier molecular flexibility index (Phi) is 3.49. The third-order valence-electron chi connectivity index (χ3n) is 2.53. The minimum Gasteiger partial charge on any atom is -0.378 e. The smallest absolute Gasteiger partial charge is 0.124 e. The maximum absolute atomic E-state index is 13.0. The lowest BCUT2D eigenvalue weighted by Gasteiger charge is -2.08. The first-order chi connectivity index (χ1) is 8.70. The summed E-state index contributed by atoms with van der Waals surface area (Å²) in [6.45, 7) is 2.31. The van der Waals surface area contributed by atoms with E-state index in [9.17, 15) is 4.39 Å². The molecule has 4 nitrogen and oxygen atoms in total. The van der Waals surface area contributed by atoms with Gasteiger partial charge < -0.3 is 5.32 Å². The van der Waals surface area contributed by atoms with Crippen molar-refractivity contribution in [3.63, 3.8) is 0 Å². The number of benzene rings is 1. The van der Waals surface area contributed by atoms with Crippen LogP contribution in [0.2, 0.25) is 0 Å². The summed E-state index contributed by atoms with van der Waals surface area (Å²) in [5.41, 5.74) is 2.48. The lowest BCUT2D eigenvalue weighted by molar-refractivity contribution is 0.627. The van der Waals surface area contributed by atoms with Crippen LogP contribution in [0.15, 0.2) is 30.6 Å². The van der Waals surface area contributed by atoms with Crippen molar-refractivity contribution < 1.29 is 4.39 Å². The highest BCUT2D eigenvalue weighted by atomic mass is 19.1. The van der Waals surface area contributed by atoms with Crippen LogP contribution in [0.4, 0.5) is 10.1 Å². The zero-order valence-electron chi connectivity index (χ0n) is 9.81. The molecule has 1 aromatic carbocycles. The fraction of sp³-hybridized carbons (Fsp3) is 0.154. The van der Waals surface area contributed by atoms with Gasteiger partial charge in [-0.1, -0.05) is 0 Å². The molecule has 0 aliphatic rings. The first kappa shape index (κ1) is 12.0. The molecule has 0 radical (unpaired) electrons. The van der Waals surface area contributed by atoms with Gasteiger partial charge in [-0.05, 0) is 25.1 Å². The van der Waals surface area contributed by atoms with E-state index in [1.807, 2.05) is 13.0 Å². The van der Waals surface area contributed by atoms with Crippen LogP contribution in [0.1, 0.15) is 17.0 Å². The normalized spacial score (nSPS) is 9.83. The Morgan fingerprint density at radius 2 is 2.11 bits per heavy atom. The van der Waals surface area contributed by atoms with E-state index in [1.54, 1.807) is 18.5 Å². The summed E-state index contributed by atoms with van der Waals surface area (Å²) >= 11 is 0. The molecule has 2 aromatic rings. The molecule has 1 aromatic heterocycles. The molecule has 0 amide bonds. The molecule has 1 heterocycles. The van der Waals surface area contributed by atoms with Crippen molar-refractivity contribution in [1.82, 2.24) is 9.97 Å². The highest BCUT2D eigenvalue weighted by Gasteiger charge is 2.05. The van der Waals surface area contributed by atoms with Crippen LogP contribution in [0, 0.1) is 24.1 Å². The second-order valence-corrected chi connectivity index (χ2v) is 3.74. The summed E-state index contributed by atoms with van der Waals surface area (Å²) in [6.07, 6.45) is 3.23. The molecule has 0 fully saturated rings. The SMILES string of the molecule is Cc1nccnc1CNc1ccc(F)cc1C#N. The molecule has 5 heteroatoms. The van der Waals surface area contributed by atoms with Crippen LogP contribution in [0.3, 0.4) is 0 Å². The molecule has 0 unspecified atom stereocenters. The Bertz CT molecular complexity index is 604. The van der Waals surface area contributed by atoms with Crippen molar-refractivity contribution in [2.75, 3.05) is 5.32 Å². The van der Waals surface area contributed by atoms with Gasteiger partial charge in [-0.25, -0.2) is 4.39 Å². The summed E-state index contributed by atoms with van der Waals surface area (Å²) in [5, 5.41) is 12.0. The van der Waals surface area contributed by atoms with Crippen LogP contribution in [-0.4, -0.2) is 9.97 Å². The average Bonchev–Trinajstić information content (AvgIpc) is 2.39. The second kappa shape index (κ2) is 5.23. The Labute approximate surface area is 104 Å². The molecule has 90 valence electrons. The molecular weight excluding hydrogens is 231 g/mol. The van der Waals surface area contributed by atoms with Crippen molar-refractivity contribution in [3.05, 3.63) is 53.4 Å². The summed E-state index contributed by atoms with van der Waals surface area (Å²) in [5.74, 6) is -0.423. The van der Waals surface area contributed by atoms with E-state index in [4.69, 9.17) is 5.26 Å². The fourth-order valence-electron chi connectivity index (χ4n) is 1.55. The monoisotopic (exact) mass is 242 g/mol. The van der Waals surface area contributed by atoms with Crippen LogP contribution in [0.5, 0.6) is 0 Å². The van der Waals surface area contributed by atoms with Crippen molar-refractivity contribution in [2.24, 2.45) is 0 Å². The van der Waals surface area contributed by atoms with Crippen LogP contribution in [-0.2, 0) is 6.54 Å². The third-order valence-corrected chi connectivity index (χ3v) is 2.53. The number of aromatic nitrogens is 2. The minimum absolute atomic E-state index is 0.275. The van der Waals surface area contributed by atoms with Crippen molar-refractivity contribution in [1.29, 1.82) is 5.26 Å². The summed E-state index contributed by atoms with van der Waals surface area (Å²) in [7, 11) is 0. The van der Waals surface area contributed by atoms with Gasteiger partial charge in [0.2, 0.25) is 0 Å². The first-order valence-corrected chi connectivity index (χ1v) is 5.40. The highest BCUT2D eigenvalue weighted by molar-refractivity contribution is 5.57. The molecule has 0 bridgehead atoms. The quantitative estimate of drug-likeness (QED) is 0.897. The van der Waals surface area contributed by atoms with E-state index in [-0.39, 0.29) is 5.56 Å². The number of nitrogens with one attached hydrogen (secondary N) is 1. The predicted molar refractivity (Wildman–Crippen MR) is 65.2 cm³/mol. The number of anilines is 1. The van der Waals surface area contributed by atoms with Gasteiger partial charge in [-0.2, -0.15) is 5.26 Å². The number of hydrogen-bond donors (Lipinski definition) is 1. The van der Waals surface area contributed by atoms with Crippen molar-refractivity contribution in [3.8, 4) is 6.07 Å². The average molecular weight is 242 g/mol. The maximum Gasteiger partial charge on any atom is 0.124 e. The third kappa shape index (κ3) is 2.61. The van der Waals surface area contributed by atoms with E-state index in [1.165, 1.54) is 12.1 Å². The predicted octanol–water partition coefficient (Wildman–Crippen LogP) is 2.41. The molecule has 0 aliphatic heterocycles. The molecule has 0 saturated carbocycles. The minimum atomic E-state index is -0.423. The van der Waals surface area contributed by atoms with Gasteiger partial charge in [0.25, 0.3) is 0 Å². The largest absolute Gasteiger partial charge is 0.378 e. The molecule has 0 spiro atoms. The molecule has 18 heavy (non-hydrogen) atoms. The number of rotatable bonds is 3. The number of aryl methyl sites for hydroxylation is 1. The van der Waals surface area contributed by atoms with Crippen molar-refractivity contribution >= 4 is 5.69 Å². The van der Waals surface area contributed by atoms with Crippen LogP contribution >= 0.6 is 0 Å². The first-order valence-electron chi connectivity index (χ1n) is 5.40. The van der Waals surface area contributed by atoms with E-state index in [0.717, 1.165) is 11.4 Å². The van der Waals surface area contributed by atoms with Crippen LogP contribution in [0.25, 0.3) is 0 Å². The van der Waals surface area contributed by atoms with Gasteiger partial charge in [-0.3, -0.25) is 9.97 Å². The van der Waals surface area contributed by atoms with E-state index >= 15 is 0 Å². The Morgan fingerprint density at radius 1 is 1.33 bits per heavy atom. The molecule has 1 N–H and O–H groups in total. The van der Waals surface area contributed by atoms with Crippen LogP contribution < -0.4 is 5.32 Å². The zero-order valence-corrected chi connectivity index (χ0v) is 9.81. The zero-order chi connectivity index (χ0) is 13.0. The number of nitrogens with zero attached hydrogens (tertiary/aromatic N) is 3. The second-order valence-electron chi connectivity index (χ2n) is 3.74. The van der Waals surface area contributed by atoms with Crippen molar-refractivity contribution in [2.45, 2.75) is 13.5 Å². The van der Waals surface area contributed by atoms with Gasteiger partial charge in [0.15, 0.2) is 0 Å². The lowest BCUT2D eigenvalue weighted by Crippen LogP contribution is -2.06. The standard InChI is InChI=1S/C13H11FN4/c1-9-13(17-5-4-16-9)8-18-12-3-2-11(14)6-10(12)7-15/h2-6,18H,8H2,1H3. The Balaban J connectivity index is 2.16. The lowest BCUT2D eigenvalue weighted by atomic mass is 10.2. The topological polar surface area (TPSA) is 61.6 Å².